The lowest BCUT2D eigenvalue weighted by molar-refractivity contribution is -0.131. The zero-order valence-corrected chi connectivity index (χ0v) is 15.7. The SMILES string of the molecule is C1CCN(CC2CCCN2)CC1.O=C(O)C=Cc1ccc(Br)cc1. The minimum absolute atomic E-state index is 0.808. The van der Waals surface area contributed by atoms with E-state index in [9.17, 15) is 4.79 Å². The van der Waals surface area contributed by atoms with Crippen molar-refractivity contribution in [3.05, 3.63) is 40.4 Å². The van der Waals surface area contributed by atoms with Crippen LogP contribution >= 0.6 is 15.9 Å². The molecule has 0 amide bonds. The predicted molar refractivity (Wildman–Crippen MR) is 102 cm³/mol. The molecule has 0 aromatic heterocycles. The number of aliphatic carboxylic acids is 1. The number of hydrogen-bond acceptors (Lipinski definition) is 3. The van der Waals surface area contributed by atoms with Crippen molar-refractivity contribution in [2.24, 2.45) is 0 Å². The van der Waals surface area contributed by atoms with Gasteiger partial charge in [-0.05, 0) is 69.1 Å². The number of carboxylic acid groups (broad SMARTS) is 1. The molecule has 1 aromatic rings. The molecule has 2 aliphatic heterocycles. The van der Waals surface area contributed by atoms with Gasteiger partial charge in [-0.2, -0.15) is 0 Å². The molecule has 0 radical (unpaired) electrons. The lowest BCUT2D eigenvalue weighted by atomic mass is 10.1. The van der Waals surface area contributed by atoms with E-state index in [2.05, 4.69) is 26.1 Å². The summed E-state index contributed by atoms with van der Waals surface area (Å²) in [4.78, 5) is 12.8. The monoisotopic (exact) mass is 394 g/mol. The Balaban J connectivity index is 0.000000174. The summed E-state index contributed by atoms with van der Waals surface area (Å²) in [6.45, 7) is 5.24. The van der Waals surface area contributed by atoms with Gasteiger partial charge in [-0.1, -0.05) is 34.5 Å². The highest BCUT2D eigenvalue weighted by atomic mass is 79.9. The van der Waals surface area contributed by atoms with Crippen LogP contribution in [0.5, 0.6) is 0 Å². The third-order valence-corrected chi connectivity index (χ3v) is 4.91. The maximum atomic E-state index is 10.1. The number of halogens is 1. The summed E-state index contributed by atoms with van der Waals surface area (Å²) in [6.07, 6.45) is 9.75. The number of benzene rings is 1. The second-order valence-corrected chi connectivity index (χ2v) is 7.29. The van der Waals surface area contributed by atoms with Crippen molar-refractivity contribution >= 4 is 28.0 Å². The van der Waals surface area contributed by atoms with Gasteiger partial charge >= 0.3 is 5.97 Å². The van der Waals surface area contributed by atoms with Crippen molar-refractivity contribution in [1.29, 1.82) is 0 Å². The number of carbonyl (C=O) groups is 1. The second kappa shape index (κ2) is 10.6. The van der Waals surface area contributed by atoms with E-state index in [0.29, 0.717) is 0 Å². The number of nitrogens with one attached hydrogen (secondary N) is 1. The molecular weight excluding hydrogens is 368 g/mol. The molecule has 0 saturated carbocycles. The van der Waals surface area contributed by atoms with E-state index in [0.717, 1.165) is 22.2 Å². The van der Waals surface area contributed by atoms with Crippen LogP contribution in [0, 0.1) is 0 Å². The molecule has 2 fully saturated rings. The number of carboxylic acids is 1. The molecule has 2 N–H and O–H groups in total. The molecule has 1 atom stereocenters. The largest absolute Gasteiger partial charge is 0.478 e. The fourth-order valence-electron chi connectivity index (χ4n) is 3.11. The van der Waals surface area contributed by atoms with Crippen LogP contribution in [0.2, 0.25) is 0 Å². The molecule has 1 aromatic carbocycles. The lowest BCUT2D eigenvalue weighted by Crippen LogP contribution is -2.40. The van der Waals surface area contributed by atoms with Gasteiger partial charge in [0.1, 0.15) is 0 Å². The molecule has 2 heterocycles. The Morgan fingerprint density at radius 1 is 1.21 bits per heavy atom. The highest BCUT2D eigenvalue weighted by Crippen LogP contribution is 2.12. The zero-order chi connectivity index (χ0) is 17.2. The van der Waals surface area contributed by atoms with Crippen LogP contribution in [0.3, 0.4) is 0 Å². The van der Waals surface area contributed by atoms with E-state index in [1.165, 1.54) is 58.3 Å². The molecule has 3 rings (SSSR count). The Kier molecular flexibility index (Phi) is 8.50. The average Bonchev–Trinajstić information content (AvgIpc) is 3.09. The van der Waals surface area contributed by atoms with Gasteiger partial charge in [0.25, 0.3) is 0 Å². The van der Waals surface area contributed by atoms with E-state index in [4.69, 9.17) is 5.11 Å². The standard InChI is InChI=1S/C10H20N2.C9H7BrO2/c1-2-7-12(8-3-1)9-10-5-4-6-11-10;10-8-4-1-7(2-5-8)3-6-9(11)12/h10-11H,1-9H2;1-6H,(H,11,12). The summed E-state index contributed by atoms with van der Waals surface area (Å²) in [5.41, 5.74) is 0.876. The van der Waals surface area contributed by atoms with Crippen molar-refractivity contribution in [1.82, 2.24) is 10.2 Å². The minimum Gasteiger partial charge on any atom is -0.478 e. The Hall–Kier alpha value is -1.17. The van der Waals surface area contributed by atoms with Crippen molar-refractivity contribution in [2.45, 2.75) is 38.1 Å². The molecule has 2 saturated heterocycles. The van der Waals surface area contributed by atoms with Gasteiger partial charge in [0.05, 0.1) is 0 Å². The maximum absolute atomic E-state index is 10.1. The van der Waals surface area contributed by atoms with Crippen LogP contribution < -0.4 is 5.32 Å². The Morgan fingerprint density at radius 3 is 2.50 bits per heavy atom. The summed E-state index contributed by atoms with van der Waals surface area (Å²) >= 11 is 3.29. The van der Waals surface area contributed by atoms with Gasteiger partial charge in [-0.15, -0.1) is 0 Å². The number of nitrogens with zero attached hydrogens (tertiary/aromatic N) is 1. The fraction of sp³-hybridized carbons (Fsp3) is 0.526. The highest BCUT2D eigenvalue weighted by Gasteiger charge is 2.18. The predicted octanol–water partition coefficient (Wildman–Crippen LogP) is 3.77. The molecule has 1 unspecified atom stereocenters. The van der Waals surface area contributed by atoms with Crippen LogP contribution in [0.4, 0.5) is 0 Å². The zero-order valence-electron chi connectivity index (χ0n) is 14.1. The molecule has 2 aliphatic rings. The van der Waals surface area contributed by atoms with Crippen LogP contribution in [0.25, 0.3) is 6.08 Å². The summed E-state index contributed by atoms with van der Waals surface area (Å²) in [7, 11) is 0. The molecule has 5 heteroatoms. The number of hydrogen-bond donors (Lipinski definition) is 2. The van der Waals surface area contributed by atoms with E-state index < -0.39 is 5.97 Å². The molecule has 0 aliphatic carbocycles. The smallest absolute Gasteiger partial charge is 0.328 e. The molecule has 24 heavy (non-hydrogen) atoms. The highest BCUT2D eigenvalue weighted by molar-refractivity contribution is 9.10. The summed E-state index contributed by atoms with van der Waals surface area (Å²) in [6, 6.07) is 8.21. The van der Waals surface area contributed by atoms with Crippen molar-refractivity contribution in [2.75, 3.05) is 26.2 Å². The average molecular weight is 395 g/mol. The quantitative estimate of drug-likeness (QED) is 0.763. The van der Waals surface area contributed by atoms with Crippen molar-refractivity contribution in [3.8, 4) is 0 Å². The number of piperidine rings is 1. The van der Waals surface area contributed by atoms with Gasteiger partial charge in [0.15, 0.2) is 0 Å². The van der Waals surface area contributed by atoms with E-state index in [1.807, 2.05) is 24.3 Å². The van der Waals surface area contributed by atoms with E-state index in [-0.39, 0.29) is 0 Å². The maximum Gasteiger partial charge on any atom is 0.328 e. The van der Waals surface area contributed by atoms with Crippen LogP contribution in [-0.4, -0.2) is 48.2 Å². The van der Waals surface area contributed by atoms with Gasteiger partial charge < -0.3 is 15.3 Å². The fourth-order valence-corrected chi connectivity index (χ4v) is 3.37. The van der Waals surface area contributed by atoms with Crippen molar-refractivity contribution < 1.29 is 9.90 Å². The summed E-state index contributed by atoms with van der Waals surface area (Å²) in [5.74, 6) is -0.932. The summed E-state index contributed by atoms with van der Waals surface area (Å²) in [5, 5.41) is 11.9. The normalized spacial score (nSPS) is 21.5. The topological polar surface area (TPSA) is 52.6 Å². The first-order valence-corrected chi connectivity index (χ1v) is 9.55. The molecule has 4 nitrogen and oxygen atoms in total. The number of rotatable bonds is 4. The van der Waals surface area contributed by atoms with E-state index in [1.54, 1.807) is 6.08 Å². The Morgan fingerprint density at radius 2 is 1.92 bits per heavy atom. The minimum atomic E-state index is -0.932. The molecule has 0 spiro atoms. The van der Waals surface area contributed by atoms with Crippen LogP contribution in [0.15, 0.2) is 34.8 Å². The van der Waals surface area contributed by atoms with E-state index >= 15 is 0 Å². The van der Waals surface area contributed by atoms with Crippen LogP contribution in [0.1, 0.15) is 37.7 Å². The van der Waals surface area contributed by atoms with Crippen LogP contribution in [-0.2, 0) is 4.79 Å². The summed E-state index contributed by atoms with van der Waals surface area (Å²) < 4.78 is 0.981. The first-order valence-electron chi connectivity index (χ1n) is 8.76. The first kappa shape index (κ1) is 19.2. The first-order chi connectivity index (χ1) is 11.6. The third-order valence-electron chi connectivity index (χ3n) is 4.38. The van der Waals surface area contributed by atoms with Gasteiger partial charge in [-0.3, -0.25) is 0 Å². The lowest BCUT2D eigenvalue weighted by Gasteiger charge is -2.28. The second-order valence-electron chi connectivity index (χ2n) is 6.38. The molecule has 132 valence electrons. The Bertz CT molecular complexity index is 519. The third kappa shape index (κ3) is 7.60. The Labute approximate surface area is 153 Å². The molecule has 0 bridgehead atoms. The van der Waals surface area contributed by atoms with Gasteiger partial charge in [0.2, 0.25) is 0 Å². The van der Waals surface area contributed by atoms with Gasteiger partial charge in [-0.25, -0.2) is 4.79 Å². The number of likely N-dealkylation sites (tertiary alicyclic amines) is 1. The van der Waals surface area contributed by atoms with Crippen molar-refractivity contribution in [3.63, 3.8) is 0 Å². The molecular formula is C19H27BrN2O2. The van der Waals surface area contributed by atoms with Gasteiger partial charge in [0, 0.05) is 23.1 Å².